The number of halogens is 3. The molecule has 11 nitrogen and oxygen atoms in total. The van der Waals surface area contributed by atoms with Crippen LogP contribution in [-0.2, 0) is 10.9 Å². The Bertz CT molecular complexity index is 1150. The Balaban J connectivity index is 1.39. The number of carbonyl (C=O) groups is 2. The van der Waals surface area contributed by atoms with Crippen LogP contribution in [-0.4, -0.2) is 73.8 Å². The van der Waals surface area contributed by atoms with Crippen LogP contribution >= 0.6 is 11.5 Å². The summed E-state index contributed by atoms with van der Waals surface area (Å²) in [4.78, 5) is 34.6. The van der Waals surface area contributed by atoms with Gasteiger partial charge in [-0.3, -0.25) is 14.6 Å². The summed E-state index contributed by atoms with van der Waals surface area (Å²) in [6.45, 7) is 2.77. The number of amides is 2. The summed E-state index contributed by atoms with van der Waals surface area (Å²) in [6, 6.07) is 2.27. The molecule has 1 atom stereocenters. The van der Waals surface area contributed by atoms with E-state index in [9.17, 15) is 22.8 Å². The van der Waals surface area contributed by atoms with Crippen molar-refractivity contribution in [1.82, 2.24) is 34.9 Å². The maximum atomic E-state index is 12.8. The van der Waals surface area contributed by atoms with Crippen molar-refractivity contribution < 1.29 is 32.0 Å². The molecule has 1 saturated heterocycles. The average Bonchev–Trinajstić information content (AvgIpc) is 3.47. The van der Waals surface area contributed by atoms with Gasteiger partial charge in [0.25, 0.3) is 11.8 Å². The van der Waals surface area contributed by atoms with Gasteiger partial charge in [0.1, 0.15) is 10.6 Å². The topological polar surface area (TPSA) is 136 Å². The minimum atomic E-state index is -4.76. The predicted octanol–water partition coefficient (Wildman–Crippen LogP) is 1.58. The van der Waals surface area contributed by atoms with E-state index >= 15 is 0 Å². The summed E-state index contributed by atoms with van der Waals surface area (Å²) in [5, 5.41) is 9.82. The number of nitrogens with one attached hydrogen (secondary N) is 1. The molecule has 1 aliphatic heterocycles. The molecule has 1 aliphatic rings. The van der Waals surface area contributed by atoms with Crippen LogP contribution in [0.5, 0.6) is 0 Å². The van der Waals surface area contributed by atoms with E-state index in [1.807, 2.05) is 0 Å². The second-order valence-electron chi connectivity index (χ2n) is 6.98. The predicted molar refractivity (Wildman–Crippen MR) is 105 cm³/mol. The first-order chi connectivity index (χ1) is 15.7. The van der Waals surface area contributed by atoms with Gasteiger partial charge in [-0.1, -0.05) is 9.64 Å². The maximum absolute atomic E-state index is 12.8. The van der Waals surface area contributed by atoms with Crippen LogP contribution in [0, 0.1) is 6.92 Å². The van der Waals surface area contributed by atoms with Crippen LogP contribution in [0.15, 0.2) is 22.9 Å². The summed E-state index contributed by atoms with van der Waals surface area (Å²) in [6.07, 6.45) is -3.59. The largest absolute Gasteiger partial charge is 0.471 e. The summed E-state index contributed by atoms with van der Waals surface area (Å²) in [5.74, 6) is -2.54. The van der Waals surface area contributed by atoms with Crippen LogP contribution < -0.4 is 5.32 Å². The van der Waals surface area contributed by atoms with Gasteiger partial charge in [-0.15, -0.1) is 5.10 Å². The lowest BCUT2D eigenvalue weighted by molar-refractivity contribution is -0.159. The number of nitrogens with zero attached hydrogens (tertiary/aromatic N) is 6. The molecule has 0 unspecified atom stereocenters. The highest BCUT2D eigenvalue weighted by molar-refractivity contribution is 7.07. The van der Waals surface area contributed by atoms with E-state index in [4.69, 9.17) is 4.74 Å². The third-order valence-electron chi connectivity index (χ3n) is 4.76. The SMILES string of the molecule is Cc1nnsc1C(=O)N1CCOC[C@@H]1CNC(=O)c1ccc(-c2noc(C(F)(F)F)n2)cn1. The smallest absolute Gasteiger partial charge is 0.377 e. The van der Waals surface area contributed by atoms with Crippen LogP contribution in [0.3, 0.4) is 0 Å². The monoisotopic (exact) mass is 483 g/mol. The number of aryl methyl sites for hydroxylation is 1. The van der Waals surface area contributed by atoms with Gasteiger partial charge in [0.2, 0.25) is 5.82 Å². The number of morpholine rings is 1. The van der Waals surface area contributed by atoms with Gasteiger partial charge in [-0.05, 0) is 30.6 Å². The third-order valence-corrected chi connectivity index (χ3v) is 5.57. The summed E-state index contributed by atoms with van der Waals surface area (Å²) < 4.78 is 51.2. The van der Waals surface area contributed by atoms with Gasteiger partial charge in [0, 0.05) is 24.8 Å². The van der Waals surface area contributed by atoms with E-state index < -0.39 is 24.0 Å². The highest BCUT2D eigenvalue weighted by Gasteiger charge is 2.38. The second kappa shape index (κ2) is 9.19. The molecule has 174 valence electrons. The summed E-state index contributed by atoms with van der Waals surface area (Å²) in [7, 11) is 0. The number of hydrogen-bond acceptors (Lipinski definition) is 10. The molecular formula is C18H16F3N7O4S. The van der Waals surface area contributed by atoms with Crippen molar-refractivity contribution in [2.45, 2.75) is 19.1 Å². The molecule has 15 heteroatoms. The van der Waals surface area contributed by atoms with Crippen LogP contribution in [0.2, 0.25) is 0 Å². The van der Waals surface area contributed by atoms with Gasteiger partial charge in [0.15, 0.2) is 0 Å². The van der Waals surface area contributed by atoms with E-state index in [2.05, 4.69) is 34.6 Å². The van der Waals surface area contributed by atoms with Crippen LogP contribution in [0.4, 0.5) is 13.2 Å². The zero-order chi connectivity index (χ0) is 23.6. The molecular weight excluding hydrogens is 467 g/mol. The first-order valence-electron chi connectivity index (χ1n) is 9.57. The molecule has 1 N–H and O–H groups in total. The number of alkyl halides is 3. The first kappa shape index (κ1) is 22.7. The molecule has 1 fully saturated rings. The molecule has 0 spiro atoms. The number of aromatic nitrogens is 5. The van der Waals surface area contributed by atoms with E-state index in [1.165, 1.54) is 18.3 Å². The maximum Gasteiger partial charge on any atom is 0.471 e. The van der Waals surface area contributed by atoms with Gasteiger partial charge < -0.3 is 19.5 Å². The minimum absolute atomic E-state index is 0.0235. The highest BCUT2D eigenvalue weighted by Crippen LogP contribution is 2.29. The number of rotatable bonds is 5. The minimum Gasteiger partial charge on any atom is -0.377 e. The third kappa shape index (κ3) is 4.98. The van der Waals surface area contributed by atoms with Crippen molar-refractivity contribution in [3.63, 3.8) is 0 Å². The lowest BCUT2D eigenvalue weighted by Gasteiger charge is -2.35. The first-order valence-corrected chi connectivity index (χ1v) is 10.3. The zero-order valence-electron chi connectivity index (χ0n) is 17.0. The molecule has 4 rings (SSSR count). The fraction of sp³-hybridized carbons (Fsp3) is 0.389. The Kier molecular flexibility index (Phi) is 6.33. The quantitative estimate of drug-likeness (QED) is 0.574. The Labute approximate surface area is 188 Å². The van der Waals surface area contributed by atoms with E-state index in [1.54, 1.807) is 11.8 Å². The van der Waals surface area contributed by atoms with Crippen molar-refractivity contribution in [3.8, 4) is 11.4 Å². The van der Waals surface area contributed by atoms with Crippen LogP contribution in [0.1, 0.15) is 31.7 Å². The standard InChI is InChI=1S/C18H16F3N7O4S/c1-9-13(33-27-25-9)16(30)28-4-5-31-8-11(28)7-23-15(29)12-3-2-10(6-22-12)14-24-17(32-26-14)18(19,20)21/h2-3,6,11H,4-5,7-8H2,1H3,(H,23,29)/t11-/m0/s1. The Hall–Kier alpha value is -3.46. The fourth-order valence-electron chi connectivity index (χ4n) is 3.07. The van der Waals surface area contributed by atoms with Gasteiger partial charge in [0.05, 0.1) is 24.9 Å². The number of pyridine rings is 1. The van der Waals surface area contributed by atoms with Crippen molar-refractivity contribution in [2.24, 2.45) is 0 Å². The van der Waals surface area contributed by atoms with E-state index in [0.29, 0.717) is 23.7 Å². The second-order valence-corrected chi connectivity index (χ2v) is 7.73. The molecule has 4 heterocycles. The van der Waals surface area contributed by atoms with Crippen molar-refractivity contribution >= 4 is 23.3 Å². The van der Waals surface area contributed by atoms with Gasteiger partial charge in [-0.25, -0.2) is 0 Å². The van der Waals surface area contributed by atoms with Gasteiger partial charge >= 0.3 is 12.1 Å². The molecule has 0 bridgehead atoms. The lowest BCUT2D eigenvalue weighted by Crippen LogP contribution is -2.53. The van der Waals surface area contributed by atoms with Crippen molar-refractivity contribution in [2.75, 3.05) is 26.3 Å². The van der Waals surface area contributed by atoms with E-state index in [0.717, 1.165) is 11.5 Å². The van der Waals surface area contributed by atoms with Crippen molar-refractivity contribution in [3.05, 3.63) is 40.5 Å². The zero-order valence-corrected chi connectivity index (χ0v) is 17.8. The molecule has 2 amide bonds. The lowest BCUT2D eigenvalue weighted by atomic mass is 10.2. The molecule has 3 aromatic rings. The summed E-state index contributed by atoms with van der Waals surface area (Å²) in [5.41, 5.74) is 0.708. The van der Waals surface area contributed by atoms with Gasteiger partial charge in [-0.2, -0.15) is 18.2 Å². The molecule has 3 aromatic heterocycles. The number of ether oxygens (including phenoxy) is 1. The number of carbonyl (C=O) groups excluding carboxylic acids is 2. The van der Waals surface area contributed by atoms with Crippen LogP contribution in [0.25, 0.3) is 11.4 Å². The molecule has 0 radical (unpaired) electrons. The Morgan fingerprint density at radius 1 is 1.33 bits per heavy atom. The number of hydrogen-bond donors (Lipinski definition) is 1. The molecule has 33 heavy (non-hydrogen) atoms. The molecule has 0 aromatic carbocycles. The molecule has 0 saturated carbocycles. The highest BCUT2D eigenvalue weighted by atomic mass is 32.1. The molecule has 0 aliphatic carbocycles. The van der Waals surface area contributed by atoms with Crippen molar-refractivity contribution in [1.29, 1.82) is 0 Å². The summed E-state index contributed by atoms with van der Waals surface area (Å²) >= 11 is 1.01. The fourth-order valence-corrected chi connectivity index (χ4v) is 3.68. The Morgan fingerprint density at radius 3 is 2.79 bits per heavy atom. The Morgan fingerprint density at radius 2 is 2.15 bits per heavy atom. The van der Waals surface area contributed by atoms with E-state index in [-0.39, 0.29) is 36.1 Å². The average molecular weight is 483 g/mol. The normalized spacial score (nSPS) is 16.6.